The zero-order valence-corrected chi connectivity index (χ0v) is 18.9. The predicted octanol–water partition coefficient (Wildman–Crippen LogP) is 4.13. The van der Waals surface area contributed by atoms with Gasteiger partial charge in [-0.05, 0) is 44.2 Å². The van der Waals surface area contributed by atoms with E-state index in [0.29, 0.717) is 25.8 Å². The van der Waals surface area contributed by atoms with Gasteiger partial charge in [0, 0.05) is 58.1 Å². The van der Waals surface area contributed by atoms with E-state index in [1.54, 1.807) is 14.2 Å². The van der Waals surface area contributed by atoms with Gasteiger partial charge in [-0.2, -0.15) is 0 Å². The Morgan fingerprint density at radius 1 is 1.07 bits per heavy atom. The molecule has 0 unspecified atom stereocenters. The highest BCUT2D eigenvalue weighted by atomic mass is 16.5. The Kier molecular flexibility index (Phi) is 10.2. The van der Waals surface area contributed by atoms with Crippen molar-refractivity contribution in [2.75, 3.05) is 39.7 Å². The zero-order valence-electron chi connectivity index (χ0n) is 18.9. The fourth-order valence-corrected chi connectivity index (χ4v) is 2.89. The molecule has 0 aliphatic heterocycles. The Labute approximate surface area is 181 Å². The highest BCUT2D eigenvalue weighted by Crippen LogP contribution is 2.18. The maximum atomic E-state index is 5.78. The lowest BCUT2D eigenvalue weighted by molar-refractivity contribution is 0.172. The summed E-state index contributed by atoms with van der Waals surface area (Å²) in [6, 6.07) is 16.9. The molecule has 0 radical (unpaired) electrons. The smallest absolute Gasteiger partial charge is 0.195 e. The van der Waals surface area contributed by atoms with Crippen LogP contribution in [0.4, 0.5) is 5.69 Å². The molecule has 6 heteroatoms. The maximum absolute atomic E-state index is 5.78. The summed E-state index contributed by atoms with van der Waals surface area (Å²) in [6.45, 7) is 7.37. The molecule has 2 aromatic rings. The fourth-order valence-electron chi connectivity index (χ4n) is 2.89. The molecule has 0 bridgehead atoms. The topological polar surface area (TPSA) is 58.1 Å². The molecule has 0 amide bonds. The number of nitrogens with one attached hydrogen (secondary N) is 2. The van der Waals surface area contributed by atoms with Crippen molar-refractivity contribution < 1.29 is 9.47 Å². The van der Waals surface area contributed by atoms with E-state index in [2.05, 4.69) is 65.7 Å². The second-order valence-electron chi connectivity index (χ2n) is 7.55. The first-order chi connectivity index (χ1) is 14.5. The standard InChI is InChI=1S/C24H36N4O2/c1-19(2)28(4)18-21-11-7-6-10-20(21)17-26-24(25-3)27-22-12-8-13-23(16-22)30-15-9-14-29-5/h6-8,10-13,16,19H,9,14-15,17-18H2,1-5H3,(H2,25,26,27). The van der Waals surface area contributed by atoms with Crippen LogP contribution in [0.5, 0.6) is 5.75 Å². The molecule has 0 atom stereocenters. The maximum Gasteiger partial charge on any atom is 0.195 e. The molecular formula is C24H36N4O2. The number of hydrogen-bond acceptors (Lipinski definition) is 4. The molecule has 164 valence electrons. The number of benzene rings is 2. The summed E-state index contributed by atoms with van der Waals surface area (Å²) in [5.74, 6) is 1.55. The second kappa shape index (κ2) is 12.9. The van der Waals surface area contributed by atoms with Crippen LogP contribution in [0.3, 0.4) is 0 Å². The summed E-state index contributed by atoms with van der Waals surface area (Å²) in [6.07, 6.45) is 0.864. The van der Waals surface area contributed by atoms with Gasteiger partial charge >= 0.3 is 0 Å². The minimum Gasteiger partial charge on any atom is -0.493 e. The Morgan fingerprint density at radius 2 is 1.83 bits per heavy atom. The molecule has 0 heterocycles. The van der Waals surface area contributed by atoms with Crippen molar-refractivity contribution in [3.05, 3.63) is 59.7 Å². The van der Waals surface area contributed by atoms with Crippen molar-refractivity contribution in [3.63, 3.8) is 0 Å². The SMILES string of the molecule is CN=C(NCc1ccccc1CN(C)C(C)C)Nc1cccc(OCCCOC)c1. The average molecular weight is 413 g/mol. The number of hydrogen-bond donors (Lipinski definition) is 2. The Hall–Kier alpha value is -2.57. The third kappa shape index (κ3) is 8.05. The number of guanidine groups is 1. The van der Waals surface area contributed by atoms with Gasteiger partial charge < -0.3 is 20.1 Å². The summed E-state index contributed by atoms with van der Waals surface area (Å²) >= 11 is 0. The van der Waals surface area contributed by atoms with E-state index in [-0.39, 0.29) is 0 Å². The monoisotopic (exact) mass is 412 g/mol. The molecule has 2 rings (SSSR count). The van der Waals surface area contributed by atoms with Crippen molar-refractivity contribution in [3.8, 4) is 5.75 Å². The third-order valence-corrected chi connectivity index (χ3v) is 4.95. The minimum absolute atomic E-state index is 0.504. The normalized spacial score (nSPS) is 11.8. The lowest BCUT2D eigenvalue weighted by atomic mass is 10.1. The van der Waals surface area contributed by atoms with E-state index in [4.69, 9.17) is 9.47 Å². The summed E-state index contributed by atoms with van der Waals surface area (Å²) < 4.78 is 10.8. The van der Waals surface area contributed by atoms with Crippen molar-refractivity contribution >= 4 is 11.6 Å². The van der Waals surface area contributed by atoms with E-state index in [0.717, 1.165) is 30.4 Å². The van der Waals surface area contributed by atoms with Gasteiger partial charge in [-0.25, -0.2) is 0 Å². The van der Waals surface area contributed by atoms with Gasteiger partial charge in [0.1, 0.15) is 5.75 Å². The van der Waals surface area contributed by atoms with Crippen molar-refractivity contribution in [2.24, 2.45) is 4.99 Å². The van der Waals surface area contributed by atoms with Gasteiger partial charge in [-0.1, -0.05) is 30.3 Å². The van der Waals surface area contributed by atoms with E-state index in [9.17, 15) is 0 Å². The number of anilines is 1. The van der Waals surface area contributed by atoms with Gasteiger partial charge in [0.15, 0.2) is 5.96 Å². The van der Waals surface area contributed by atoms with Crippen LogP contribution >= 0.6 is 0 Å². The summed E-state index contributed by atoms with van der Waals surface area (Å²) in [5.41, 5.74) is 3.52. The zero-order chi connectivity index (χ0) is 21.8. The van der Waals surface area contributed by atoms with Crippen LogP contribution in [0.2, 0.25) is 0 Å². The second-order valence-corrected chi connectivity index (χ2v) is 7.55. The number of ether oxygens (including phenoxy) is 2. The third-order valence-electron chi connectivity index (χ3n) is 4.95. The molecule has 6 nitrogen and oxygen atoms in total. The lowest BCUT2D eigenvalue weighted by Gasteiger charge is -2.23. The van der Waals surface area contributed by atoms with Gasteiger partial charge in [-0.15, -0.1) is 0 Å². The molecule has 0 fully saturated rings. The molecule has 0 saturated heterocycles. The first-order valence-electron chi connectivity index (χ1n) is 10.5. The van der Waals surface area contributed by atoms with Crippen LogP contribution in [0, 0.1) is 0 Å². The molecule has 0 spiro atoms. The van der Waals surface area contributed by atoms with Crippen LogP contribution < -0.4 is 15.4 Å². The van der Waals surface area contributed by atoms with Crippen molar-refractivity contribution in [2.45, 2.75) is 39.4 Å². The van der Waals surface area contributed by atoms with Crippen molar-refractivity contribution in [1.82, 2.24) is 10.2 Å². The highest BCUT2D eigenvalue weighted by Gasteiger charge is 2.09. The van der Waals surface area contributed by atoms with E-state index in [1.807, 2.05) is 24.3 Å². The molecule has 0 aromatic heterocycles. The predicted molar refractivity (Wildman–Crippen MR) is 125 cm³/mol. The van der Waals surface area contributed by atoms with Crippen LogP contribution in [0.1, 0.15) is 31.4 Å². The van der Waals surface area contributed by atoms with E-state index >= 15 is 0 Å². The molecular weight excluding hydrogens is 376 g/mol. The molecule has 30 heavy (non-hydrogen) atoms. The van der Waals surface area contributed by atoms with E-state index in [1.165, 1.54) is 11.1 Å². The molecule has 0 aliphatic carbocycles. The Bertz CT molecular complexity index is 792. The van der Waals surface area contributed by atoms with Crippen LogP contribution in [0.15, 0.2) is 53.5 Å². The summed E-state index contributed by atoms with van der Waals surface area (Å²) in [5, 5.41) is 6.76. The number of aliphatic imine (C=N–C) groups is 1. The number of rotatable bonds is 11. The molecule has 2 N–H and O–H groups in total. The first-order valence-corrected chi connectivity index (χ1v) is 10.5. The van der Waals surface area contributed by atoms with Crippen LogP contribution in [-0.2, 0) is 17.8 Å². The Balaban J connectivity index is 1.94. The fraction of sp³-hybridized carbons (Fsp3) is 0.458. The average Bonchev–Trinajstić information content (AvgIpc) is 2.75. The largest absolute Gasteiger partial charge is 0.493 e. The quantitative estimate of drug-likeness (QED) is 0.330. The van der Waals surface area contributed by atoms with Gasteiger partial charge in [0.05, 0.1) is 6.61 Å². The van der Waals surface area contributed by atoms with Crippen molar-refractivity contribution in [1.29, 1.82) is 0 Å². The molecule has 0 aliphatic rings. The summed E-state index contributed by atoms with van der Waals surface area (Å²) in [7, 11) is 5.63. The molecule has 0 saturated carbocycles. The van der Waals surface area contributed by atoms with Gasteiger partial charge in [0.2, 0.25) is 0 Å². The van der Waals surface area contributed by atoms with Gasteiger partial charge in [-0.3, -0.25) is 9.89 Å². The number of nitrogens with zero attached hydrogens (tertiary/aromatic N) is 2. The molecule has 2 aromatic carbocycles. The van der Waals surface area contributed by atoms with Crippen LogP contribution in [0.25, 0.3) is 0 Å². The van der Waals surface area contributed by atoms with Crippen LogP contribution in [-0.4, -0.2) is 51.3 Å². The summed E-state index contributed by atoms with van der Waals surface area (Å²) in [4.78, 5) is 6.70. The Morgan fingerprint density at radius 3 is 2.53 bits per heavy atom. The van der Waals surface area contributed by atoms with Gasteiger partial charge in [0.25, 0.3) is 0 Å². The van der Waals surface area contributed by atoms with E-state index < -0.39 is 0 Å². The minimum atomic E-state index is 0.504. The lowest BCUT2D eigenvalue weighted by Crippen LogP contribution is -2.31. The number of methoxy groups -OCH3 is 1. The first kappa shape index (κ1) is 23.7. The highest BCUT2D eigenvalue weighted by molar-refractivity contribution is 5.93.